The van der Waals surface area contributed by atoms with Gasteiger partial charge < -0.3 is 10.1 Å². The Balaban J connectivity index is 1.73. The molecule has 2 aromatic rings. The minimum absolute atomic E-state index is 0.0161. The summed E-state index contributed by atoms with van der Waals surface area (Å²) < 4.78 is 7.29. The quantitative estimate of drug-likeness (QED) is 0.890. The molecule has 0 aliphatic heterocycles. The summed E-state index contributed by atoms with van der Waals surface area (Å²) in [4.78, 5) is 11.7. The third-order valence-electron chi connectivity index (χ3n) is 3.57. The molecule has 1 aromatic carbocycles. The molecule has 1 N–H and O–H groups in total. The molecule has 5 nitrogen and oxygen atoms in total. The van der Waals surface area contributed by atoms with Gasteiger partial charge in [0.15, 0.2) is 6.61 Å². The number of aryl methyl sites for hydroxylation is 1. The van der Waals surface area contributed by atoms with E-state index in [4.69, 9.17) is 16.3 Å². The van der Waals surface area contributed by atoms with Crippen LogP contribution in [0.4, 0.5) is 0 Å². The van der Waals surface area contributed by atoms with Gasteiger partial charge in [0.2, 0.25) is 0 Å². The molecule has 0 aliphatic carbocycles. The van der Waals surface area contributed by atoms with Gasteiger partial charge in [-0.1, -0.05) is 11.6 Å². The fourth-order valence-corrected chi connectivity index (χ4v) is 2.16. The Hall–Kier alpha value is -2.01. The van der Waals surface area contributed by atoms with Crippen LogP contribution in [0.2, 0.25) is 5.02 Å². The number of halogens is 1. The molecule has 6 heteroatoms. The summed E-state index contributed by atoms with van der Waals surface area (Å²) in [6.45, 7) is 7.21. The Morgan fingerprint density at radius 2 is 1.95 bits per heavy atom. The number of hydrogen-bond donors (Lipinski definition) is 1. The van der Waals surface area contributed by atoms with Gasteiger partial charge in [0.25, 0.3) is 5.91 Å². The molecule has 0 unspecified atom stereocenters. The van der Waals surface area contributed by atoms with E-state index in [-0.39, 0.29) is 12.5 Å². The number of nitrogens with zero attached hydrogens (tertiary/aromatic N) is 2. The van der Waals surface area contributed by atoms with Crippen molar-refractivity contribution in [1.82, 2.24) is 15.1 Å². The topological polar surface area (TPSA) is 56.2 Å². The zero-order valence-electron chi connectivity index (χ0n) is 13.0. The monoisotopic (exact) mass is 321 g/mol. The smallest absolute Gasteiger partial charge is 0.258 e. The van der Waals surface area contributed by atoms with Crippen LogP contribution in [0.5, 0.6) is 5.75 Å². The van der Waals surface area contributed by atoms with E-state index < -0.39 is 0 Å². The standard InChI is InChI=1S/C16H20ClN3O2/c1-11-12(2)19-20(13(11)3)9-8-18-16(21)10-22-15-6-4-14(17)5-7-15/h4-7H,8-10H2,1-3H3,(H,18,21). The van der Waals surface area contributed by atoms with Crippen molar-refractivity contribution in [3.05, 3.63) is 46.2 Å². The second-order valence-corrected chi connectivity index (χ2v) is 5.55. The average molecular weight is 322 g/mol. The molecule has 0 aliphatic rings. The second-order valence-electron chi connectivity index (χ2n) is 5.11. The van der Waals surface area contributed by atoms with Crippen molar-refractivity contribution >= 4 is 17.5 Å². The molecule has 0 saturated heterocycles. The summed E-state index contributed by atoms with van der Waals surface area (Å²) in [5.41, 5.74) is 3.34. The fraction of sp³-hybridized carbons (Fsp3) is 0.375. The van der Waals surface area contributed by atoms with Gasteiger partial charge in [0, 0.05) is 17.3 Å². The van der Waals surface area contributed by atoms with Crippen molar-refractivity contribution < 1.29 is 9.53 Å². The zero-order chi connectivity index (χ0) is 16.1. The van der Waals surface area contributed by atoms with E-state index in [2.05, 4.69) is 10.4 Å². The van der Waals surface area contributed by atoms with Crippen molar-refractivity contribution in [3.63, 3.8) is 0 Å². The predicted octanol–water partition coefficient (Wildman–Crippen LogP) is 2.66. The Labute approximate surface area is 135 Å². The van der Waals surface area contributed by atoms with E-state index in [1.165, 1.54) is 5.56 Å². The van der Waals surface area contributed by atoms with Crippen LogP contribution in [0.25, 0.3) is 0 Å². The number of benzene rings is 1. The van der Waals surface area contributed by atoms with Crippen LogP contribution in [0.1, 0.15) is 17.0 Å². The highest BCUT2D eigenvalue weighted by Gasteiger charge is 2.07. The van der Waals surface area contributed by atoms with Gasteiger partial charge in [-0.2, -0.15) is 5.10 Å². The molecule has 0 spiro atoms. The lowest BCUT2D eigenvalue weighted by Gasteiger charge is -2.08. The first-order valence-electron chi connectivity index (χ1n) is 7.13. The average Bonchev–Trinajstić information content (AvgIpc) is 2.74. The molecule has 1 amide bonds. The minimum Gasteiger partial charge on any atom is -0.484 e. The van der Waals surface area contributed by atoms with Gasteiger partial charge in [0.1, 0.15) is 5.75 Å². The largest absolute Gasteiger partial charge is 0.484 e. The van der Waals surface area contributed by atoms with E-state index in [0.29, 0.717) is 23.9 Å². The number of ether oxygens (including phenoxy) is 1. The Morgan fingerprint density at radius 1 is 1.27 bits per heavy atom. The number of aromatic nitrogens is 2. The van der Waals surface area contributed by atoms with Crippen LogP contribution in [0.3, 0.4) is 0 Å². The van der Waals surface area contributed by atoms with Crippen LogP contribution in [0, 0.1) is 20.8 Å². The van der Waals surface area contributed by atoms with Crippen molar-refractivity contribution in [2.75, 3.05) is 13.2 Å². The van der Waals surface area contributed by atoms with Crippen molar-refractivity contribution in [2.45, 2.75) is 27.3 Å². The van der Waals surface area contributed by atoms with Crippen LogP contribution in [0.15, 0.2) is 24.3 Å². The molecule has 1 heterocycles. The molecule has 0 bridgehead atoms. The maximum absolute atomic E-state index is 11.7. The lowest BCUT2D eigenvalue weighted by molar-refractivity contribution is -0.123. The van der Waals surface area contributed by atoms with Gasteiger partial charge in [-0.15, -0.1) is 0 Å². The molecule has 2 rings (SSSR count). The van der Waals surface area contributed by atoms with Crippen LogP contribution in [-0.2, 0) is 11.3 Å². The molecule has 0 fully saturated rings. The van der Waals surface area contributed by atoms with Gasteiger partial charge in [-0.25, -0.2) is 0 Å². The first kappa shape index (κ1) is 16.4. The maximum Gasteiger partial charge on any atom is 0.258 e. The number of hydrogen-bond acceptors (Lipinski definition) is 3. The third-order valence-corrected chi connectivity index (χ3v) is 3.82. The summed E-state index contributed by atoms with van der Waals surface area (Å²) in [5, 5.41) is 7.88. The molecule has 1 aromatic heterocycles. The summed E-state index contributed by atoms with van der Waals surface area (Å²) in [6.07, 6.45) is 0. The lowest BCUT2D eigenvalue weighted by atomic mass is 10.2. The summed E-state index contributed by atoms with van der Waals surface area (Å²) in [5.74, 6) is 0.460. The van der Waals surface area contributed by atoms with E-state index in [1.807, 2.05) is 25.5 Å². The third kappa shape index (κ3) is 4.24. The van der Waals surface area contributed by atoms with Crippen LogP contribution < -0.4 is 10.1 Å². The number of carbonyl (C=O) groups is 1. The summed E-state index contributed by atoms with van der Waals surface area (Å²) in [7, 11) is 0. The number of carbonyl (C=O) groups excluding carboxylic acids is 1. The van der Waals surface area contributed by atoms with E-state index in [0.717, 1.165) is 11.4 Å². The van der Waals surface area contributed by atoms with Crippen LogP contribution >= 0.6 is 11.6 Å². The van der Waals surface area contributed by atoms with E-state index in [9.17, 15) is 4.79 Å². The van der Waals surface area contributed by atoms with Crippen LogP contribution in [-0.4, -0.2) is 28.8 Å². The Morgan fingerprint density at radius 3 is 2.55 bits per heavy atom. The number of rotatable bonds is 6. The molecule has 0 atom stereocenters. The highest BCUT2D eigenvalue weighted by molar-refractivity contribution is 6.30. The maximum atomic E-state index is 11.7. The molecular formula is C16H20ClN3O2. The normalized spacial score (nSPS) is 10.5. The number of nitrogens with one attached hydrogen (secondary N) is 1. The summed E-state index contributed by atoms with van der Waals surface area (Å²) >= 11 is 5.78. The Kier molecular flexibility index (Phi) is 5.44. The predicted molar refractivity (Wildman–Crippen MR) is 86.4 cm³/mol. The van der Waals surface area contributed by atoms with Gasteiger partial charge in [0.05, 0.1) is 12.2 Å². The SMILES string of the molecule is Cc1nn(CCNC(=O)COc2ccc(Cl)cc2)c(C)c1C. The highest BCUT2D eigenvalue weighted by Crippen LogP contribution is 2.15. The second kappa shape index (κ2) is 7.31. The number of amides is 1. The zero-order valence-corrected chi connectivity index (χ0v) is 13.8. The Bertz CT molecular complexity index is 650. The van der Waals surface area contributed by atoms with Gasteiger partial charge >= 0.3 is 0 Å². The first-order valence-corrected chi connectivity index (χ1v) is 7.51. The highest BCUT2D eigenvalue weighted by atomic mass is 35.5. The van der Waals surface area contributed by atoms with Crippen molar-refractivity contribution in [2.24, 2.45) is 0 Å². The van der Waals surface area contributed by atoms with E-state index >= 15 is 0 Å². The van der Waals surface area contributed by atoms with Crippen molar-refractivity contribution in [3.8, 4) is 5.75 Å². The molecular weight excluding hydrogens is 302 g/mol. The first-order chi connectivity index (χ1) is 10.5. The van der Waals surface area contributed by atoms with E-state index in [1.54, 1.807) is 24.3 Å². The minimum atomic E-state index is -0.159. The van der Waals surface area contributed by atoms with Gasteiger partial charge in [-0.3, -0.25) is 9.48 Å². The van der Waals surface area contributed by atoms with Gasteiger partial charge in [-0.05, 0) is 50.6 Å². The molecule has 22 heavy (non-hydrogen) atoms. The molecule has 118 valence electrons. The lowest BCUT2D eigenvalue weighted by Crippen LogP contribution is -2.32. The fourth-order valence-electron chi connectivity index (χ4n) is 2.04. The van der Waals surface area contributed by atoms with Crippen molar-refractivity contribution in [1.29, 1.82) is 0 Å². The summed E-state index contributed by atoms with van der Waals surface area (Å²) in [6, 6.07) is 6.91. The molecule has 0 radical (unpaired) electrons. The molecule has 0 saturated carbocycles.